The summed E-state index contributed by atoms with van der Waals surface area (Å²) in [6.45, 7) is 5.06. The molecule has 7 heteroatoms. The second-order valence-corrected chi connectivity index (χ2v) is 9.13. The van der Waals surface area contributed by atoms with E-state index < -0.39 is 5.60 Å². The average molecular weight is 504 g/mol. The average Bonchev–Trinajstić information content (AvgIpc) is 2.91. The molecule has 0 radical (unpaired) electrons. The Kier molecular flexibility index (Phi) is 8.04. The molecule has 0 N–H and O–H groups in total. The van der Waals surface area contributed by atoms with E-state index in [9.17, 15) is 4.79 Å². The van der Waals surface area contributed by atoms with Gasteiger partial charge in [-0.3, -0.25) is 4.79 Å². The van der Waals surface area contributed by atoms with Crippen LogP contribution in [0, 0.1) is 0 Å². The third kappa shape index (κ3) is 5.89. The number of anilines is 1. The van der Waals surface area contributed by atoms with Crippen LogP contribution >= 0.6 is 0 Å². The van der Waals surface area contributed by atoms with Crippen molar-refractivity contribution in [3.63, 3.8) is 0 Å². The summed E-state index contributed by atoms with van der Waals surface area (Å²) in [4.78, 5) is 15.7. The highest BCUT2D eigenvalue weighted by atomic mass is 16.5. The molecule has 0 aromatic heterocycles. The lowest BCUT2D eigenvalue weighted by atomic mass is 9.99. The van der Waals surface area contributed by atoms with Gasteiger partial charge in [-0.2, -0.15) is 0 Å². The van der Waals surface area contributed by atoms with Gasteiger partial charge in [0.05, 0.1) is 45.7 Å². The van der Waals surface area contributed by atoms with Crippen LogP contribution in [0.3, 0.4) is 0 Å². The van der Waals surface area contributed by atoms with Crippen molar-refractivity contribution in [2.24, 2.45) is 0 Å². The Morgan fingerprint density at radius 1 is 0.919 bits per heavy atom. The molecule has 1 aliphatic rings. The van der Waals surface area contributed by atoms with Gasteiger partial charge in [0.2, 0.25) is 0 Å². The topological polar surface area (TPSA) is 66.5 Å². The first kappa shape index (κ1) is 26.1. The third-order valence-corrected chi connectivity index (χ3v) is 6.11. The molecule has 1 amide bonds. The molecule has 4 rings (SSSR count). The van der Waals surface area contributed by atoms with Gasteiger partial charge in [-0.1, -0.05) is 30.3 Å². The molecule has 0 atom stereocenters. The Morgan fingerprint density at radius 2 is 1.68 bits per heavy atom. The van der Waals surface area contributed by atoms with Crippen molar-refractivity contribution in [1.82, 2.24) is 0 Å². The maximum atomic E-state index is 14.0. The lowest BCUT2D eigenvalue weighted by Crippen LogP contribution is -2.34. The first-order valence-electron chi connectivity index (χ1n) is 12.1. The Morgan fingerprint density at radius 3 is 2.38 bits per heavy atom. The van der Waals surface area contributed by atoms with Crippen LogP contribution < -0.4 is 23.8 Å². The van der Waals surface area contributed by atoms with Gasteiger partial charge in [0, 0.05) is 18.3 Å². The zero-order valence-corrected chi connectivity index (χ0v) is 21.9. The van der Waals surface area contributed by atoms with Gasteiger partial charge in [-0.05, 0) is 55.8 Å². The number of rotatable bonds is 10. The SMILES string of the molecule is COc1ccc(N(CCOCc2ccccc2)C(=O)c2ccc3c(c2OC)C=CC(C)(C)O3)cc1OC. The van der Waals surface area contributed by atoms with Gasteiger partial charge in [0.15, 0.2) is 11.5 Å². The fraction of sp³-hybridized carbons (Fsp3) is 0.300. The quantitative estimate of drug-likeness (QED) is 0.328. The summed E-state index contributed by atoms with van der Waals surface area (Å²) in [5.41, 5.74) is 2.44. The van der Waals surface area contributed by atoms with Crippen LogP contribution in [0.4, 0.5) is 5.69 Å². The standard InChI is InChI=1S/C30H33NO6/c1-30(2)16-15-23-25(37-30)14-12-24(28(23)35-5)29(32)31(17-18-36-20-21-9-7-6-8-10-21)22-11-13-26(33-3)27(19-22)34-4/h6-16,19H,17-18,20H2,1-5H3. The van der Waals surface area contributed by atoms with E-state index >= 15 is 0 Å². The Balaban J connectivity index is 1.65. The number of carbonyl (C=O) groups is 1. The van der Waals surface area contributed by atoms with Gasteiger partial charge >= 0.3 is 0 Å². The van der Waals surface area contributed by atoms with E-state index in [-0.39, 0.29) is 5.91 Å². The van der Waals surface area contributed by atoms with Gasteiger partial charge in [-0.15, -0.1) is 0 Å². The zero-order valence-electron chi connectivity index (χ0n) is 21.9. The zero-order chi connectivity index (χ0) is 26.4. The minimum Gasteiger partial charge on any atom is -0.495 e. The molecule has 0 bridgehead atoms. The first-order valence-corrected chi connectivity index (χ1v) is 12.1. The van der Waals surface area contributed by atoms with E-state index in [4.69, 9.17) is 23.7 Å². The van der Waals surface area contributed by atoms with Crippen molar-refractivity contribution >= 4 is 17.7 Å². The molecular weight excluding hydrogens is 470 g/mol. The van der Waals surface area contributed by atoms with Crippen molar-refractivity contribution < 1.29 is 28.5 Å². The second kappa shape index (κ2) is 11.4. The number of benzene rings is 3. The lowest BCUT2D eigenvalue weighted by molar-refractivity contribution is 0.0946. The van der Waals surface area contributed by atoms with Gasteiger partial charge < -0.3 is 28.6 Å². The fourth-order valence-electron chi connectivity index (χ4n) is 4.22. The molecule has 3 aromatic rings. The van der Waals surface area contributed by atoms with Crippen molar-refractivity contribution in [1.29, 1.82) is 0 Å². The number of fused-ring (bicyclic) bond motifs is 1. The van der Waals surface area contributed by atoms with Crippen LogP contribution in [0.1, 0.15) is 35.3 Å². The monoisotopic (exact) mass is 503 g/mol. The number of ether oxygens (including phenoxy) is 5. The van der Waals surface area contributed by atoms with Gasteiger partial charge in [0.1, 0.15) is 17.1 Å². The van der Waals surface area contributed by atoms with Crippen molar-refractivity contribution in [2.45, 2.75) is 26.1 Å². The van der Waals surface area contributed by atoms with Crippen LogP contribution in [0.5, 0.6) is 23.0 Å². The maximum absolute atomic E-state index is 14.0. The molecule has 3 aromatic carbocycles. The summed E-state index contributed by atoms with van der Waals surface area (Å²) in [5.74, 6) is 2.01. The van der Waals surface area contributed by atoms with E-state index in [0.717, 1.165) is 11.1 Å². The summed E-state index contributed by atoms with van der Waals surface area (Å²) in [5, 5.41) is 0. The molecule has 0 spiro atoms. The lowest BCUT2D eigenvalue weighted by Gasteiger charge is -2.30. The summed E-state index contributed by atoms with van der Waals surface area (Å²) in [7, 11) is 4.70. The molecule has 7 nitrogen and oxygen atoms in total. The van der Waals surface area contributed by atoms with E-state index in [2.05, 4.69) is 0 Å². The second-order valence-electron chi connectivity index (χ2n) is 9.13. The number of hydrogen-bond acceptors (Lipinski definition) is 6. The van der Waals surface area contributed by atoms with Gasteiger partial charge in [-0.25, -0.2) is 0 Å². The number of hydrogen-bond donors (Lipinski definition) is 0. The number of nitrogens with zero attached hydrogens (tertiary/aromatic N) is 1. The van der Waals surface area contributed by atoms with E-state index in [1.54, 1.807) is 44.4 Å². The minimum atomic E-state index is -0.439. The predicted octanol–water partition coefficient (Wildman–Crippen LogP) is 5.76. The summed E-state index contributed by atoms with van der Waals surface area (Å²) in [6.07, 6.45) is 3.90. The predicted molar refractivity (Wildman–Crippen MR) is 144 cm³/mol. The molecule has 0 saturated heterocycles. The van der Waals surface area contributed by atoms with Crippen LogP contribution in [0.2, 0.25) is 0 Å². The fourth-order valence-corrected chi connectivity index (χ4v) is 4.22. The summed E-state index contributed by atoms with van der Waals surface area (Å²) >= 11 is 0. The van der Waals surface area contributed by atoms with E-state index in [0.29, 0.717) is 54.0 Å². The van der Waals surface area contributed by atoms with Crippen LogP contribution in [0.25, 0.3) is 6.08 Å². The van der Waals surface area contributed by atoms with Crippen LogP contribution in [-0.4, -0.2) is 46.0 Å². The Labute approximate surface area is 218 Å². The highest BCUT2D eigenvalue weighted by Crippen LogP contribution is 2.40. The van der Waals surface area contributed by atoms with Crippen LogP contribution in [0.15, 0.2) is 66.7 Å². The van der Waals surface area contributed by atoms with Crippen molar-refractivity contribution in [3.8, 4) is 23.0 Å². The highest BCUT2D eigenvalue weighted by molar-refractivity contribution is 6.09. The summed E-state index contributed by atoms with van der Waals surface area (Å²) < 4.78 is 28.6. The van der Waals surface area contributed by atoms with Crippen molar-refractivity contribution in [2.75, 3.05) is 39.4 Å². The normalized spacial score (nSPS) is 13.3. The molecule has 37 heavy (non-hydrogen) atoms. The van der Waals surface area contributed by atoms with Gasteiger partial charge in [0.25, 0.3) is 5.91 Å². The smallest absolute Gasteiger partial charge is 0.262 e. The molecule has 0 unspecified atom stereocenters. The molecular formula is C30H33NO6. The van der Waals surface area contributed by atoms with Crippen LogP contribution in [-0.2, 0) is 11.3 Å². The molecule has 1 aliphatic heterocycles. The molecule has 1 heterocycles. The minimum absolute atomic E-state index is 0.228. The van der Waals surface area contributed by atoms with E-state index in [1.807, 2.05) is 68.5 Å². The maximum Gasteiger partial charge on any atom is 0.262 e. The number of amides is 1. The Bertz CT molecular complexity index is 1270. The molecule has 0 saturated carbocycles. The van der Waals surface area contributed by atoms with Crippen molar-refractivity contribution in [3.05, 3.63) is 83.4 Å². The number of methoxy groups -OCH3 is 3. The highest BCUT2D eigenvalue weighted by Gasteiger charge is 2.29. The van der Waals surface area contributed by atoms with E-state index in [1.165, 1.54) is 0 Å². The molecule has 194 valence electrons. The molecule has 0 fully saturated rings. The molecule has 0 aliphatic carbocycles. The largest absolute Gasteiger partial charge is 0.495 e. The Hall–Kier alpha value is -3.97. The summed E-state index contributed by atoms with van der Waals surface area (Å²) in [6, 6.07) is 18.9. The third-order valence-electron chi connectivity index (χ3n) is 6.11. The first-order chi connectivity index (χ1) is 17.9. The number of carbonyl (C=O) groups excluding carboxylic acids is 1.